The molecular weight excluding hydrogens is 224 g/mol. The van der Waals surface area contributed by atoms with E-state index in [0.29, 0.717) is 0 Å². The molecule has 0 aliphatic carbocycles. The van der Waals surface area contributed by atoms with E-state index in [4.69, 9.17) is 5.11 Å². The molecule has 1 amide bonds. The molecule has 0 atom stereocenters. The average molecular weight is 240 g/mol. The molecule has 0 aromatic carbocycles. The zero-order valence-corrected chi connectivity index (χ0v) is 9.91. The van der Waals surface area contributed by atoms with Crippen molar-refractivity contribution < 1.29 is 14.7 Å². The van der Waals surface area contributed by atoms with Gasteiger partial charge in [0.15, 0.2) is 0 Å². The van der Waals surface area contributed by atoms with Crippen LogP contribution in [0.3, 0.4) is 0 Å². The SMILES string of the molecule is CC(C)N(CCC(=O)O)C(=O)Cn1cncn1. The highest BCUT2D eigenvalue weighted by atomic mass is 16.4. The van der Waals surface area contributed by atoms with Gasteiger partial charge in [0.1, 0.15) is 19.2 Å². The van der Waals surface area contributed by atoms with E-state index in [1.54, 1.807) is 0 Å². The smallest absolute Gasteiger partial charge is 0.305 e. The maximum absolute atomic E-state index is 11.9. The van der Waals surface area contributed by atoms with Crippen molar-refractivity contribution in [2.75, 3.05) is 6.54 Å². The Kier molecular flexibility index (Phi) is 4.62. The van der Waals surface area contributed by atoms with E-state index in [9.17, 15) is 9.59 Å². The van der Waals surface area contributed by atoms with Crippen molar-refractivity contribution in [2.45, 2.75) is 32.9 Å². The first kappa shape index (κ1) is 13.1. The molecule has 7 heteroatoms. The first-order valence-corrected chi connectivity index (χ1v) is 5.34. The number of carbonyl (C=O) groups is 2. The van der Waals surface area contributed by atoms with E-state index >= 15 is 0 Å². The summed E-state index contributed by atoms with van der Waals surface area (Å²) in [4.78, 5) is 27.7. The highest BCUT2D eigenvalue weighted by molar-refractivity contribution is 5.77. The Morgan fingerprint density at radius 1 is 1.47 bits per heavy atom. The predicted octanol–water partition coefficient (Wildman–Crippen LogP) is -0.0102. The fourth-order valence-electron chi connectivity index (χ4n) is 1.43. The van der Waals surface area contributed by atoms with Crippen molar-refractivity contribution in [3.63, 3.8) is 0 Å². The Balaban J connectivity index is 2.57. The first-order valence-electron chi connectivity index (χ1n) is 5.34. The molecule has 0 saturated carbocycles. The van der Waals surface area contributed by atoms with Crippen LogP contribution in [0.15, 0.2) is 12.7 Å². The predicted molar refractivity (Wildman–Crippen MR) is 59.1 cm³/mol. The number of aliphatic carboxylic acids is 1. The van der Waals surface area contributed by atoms with Gasteiger partial charge in [-0.3, -0.25) is 9.59 Å². The molecule has 7 nitrogen and oxygen atoms in total. The highest BCUT2D eigenvalue weighted by Crippen LogP contribution is 2.02. The Bertz CT molecular complexity index is 375. The number of carboxylic acid groups (broad SMARTS) is 1. The quantitative estimate of drug-likeness (QED) is 0.755. The van der Waals surface area contributed by atoms with Gasteiger partial charge in [0, 0.05) is 12.6 Å². The maximum atomic E-state index is 11.9. The molecule has 0 aliphatic heterocycles. The second-order valence-corrected chi connectivity index (χ2v) is 3.92. The van der Waals surface area contributed by atoms with E-state index in [1.807, 2.05) is 13.8 Å². The van der Waals surface area contributed by atoms with Crippen LogP contribution in [-0.4, -0.2) is 49.2 Å². The van der Waals surface area contributed by atoms with Crippen molar-refractivity contribution >= 4 is 11.9 Å². The molecule has 94 valence electrons. The van der Waals surface area contributed by atoms with E-state index in [2.05, 4.69) is 10.1 Å². The van der Waals surface area contributed by atoms with E-state index in [0.717, 1.165) is 0 Å². The monoisotopic (exact) mass is 240 g/mol. The van der Waals surface area contributed by atoms with Gasteiger partial charge in [0.25, 0.3) is 0 Å². The molecule has 0 bridgehead atoms. The van der Waals surface area contributed by atoms with E-state index < -0.39 is 5.97 Å². The normalized spacial score (nSPS) is 10.5. The summed E-state index contributed by atoms with van der Waals surface area (Å²) in [6.45, 7) is 3.99. The van der Waals surface area contributed by atoms with Crippen LogP contribution in [0.1, 0.15) is 20.3 Å². The first-order chi connectivity index (χ1) is 8.00. The maximum Gasteiger partial charge on any atom is 0.305 e. The van der Waals surface area contributed by atoms with Crippen LogP contribution in [0.25, 0.3) is 0 Å². The van der Waals surface area contributed by atoms with Gasteiger partial charge in [-0.05, 0) is 13.8 Å². The number of aromatic nitrogens is 3. The topological polar surface area (TPSA) is 88.3 Å². The minimum absolute atomic E-state index is 0.0367. The molecule has 1 rings (SSSR count). The van der Waals surface area contributed by atoms with Gasteiger partial charge >= 0.3 is 5.97 Å². The lowest BCUT2D eigenvalue weighted by Crippen LogP contribution is -2.40. The summed E-state index contributed by atoms with van der Waals surface area (Å²) in [6, 6.07) is -0.0367. The molecule has 0 saturated heterocycles. The van der Waals surface area contributed by atoms with Crippen LogP contribution in [0, 0.1) is 0 Å². The minimum Gasteiger partial charge on any atom is -0.481 e. The second kappa shape index (κ2) is 5.97. The van der Waals surface area contributed by atoms with Crippen LogP contribution in [0.4, 0.5) is 0 Å². The summed E-state index contributed by atoms with van der Waals surface area (Å²) in [6.07, 6.45) is 2.75. The van der Waals surface area contributed by atoms with Crippen molar-refractivity contribution in [3.05, 3.63) is 12.7 Å². The molecule has 1 aromatic rings. The summed E-state index contributed by atoms with van der Waals surface area (Å²) < 4.78 is 1.42. The van der Waals surface area contributed by atoms with E-state index in [1.165, 1.54) is 22.2 Å². The molecule has 0 aliphatic rings. The third-order valence-corrected chi connectivity index (χ3v) is 2.27. The fraction of sp³-hybridized carbons (Fsp3) is 0.600. The summed E-state index contributed by atoms with van der Waals surface area (Å²) in [5, 5.41) is 12.5. The molecule has 17 heavy (non-hydrogen) atoms. The summed E-state index contributed by atoms with van der Waals surface area (Å²) in [5.41, 5.74) is 0. The Morgan fingerprint density at radius 2 is 2.18 bits per heavy atom. The molecule has 1 N–H and O–H groups in total. The molecule has 0 spiro atoms. The number of carboxylic acids is 1. The third kappa shape index (κ3) is 4.21. The molecule has 0 unspecified atom stereocenters. The van der Waals surface area contributed by atoms with Gasteiger partial charge in [0.2, 0.25) is 5.91 Å². The standard InChI is InChI=1S/C10H16N4O3/c1-8(2)14(4-3-10(16)17)9(15)5-13-7-11-6-12-13/h6-8H,3-5H2,1-2H3,(H,16,17). The third-order valence-electron chi connectivity index (χ3n) is 2.27. The fourth-order valence-corrected chi connectivity index (χ4v) is 1.43. The van der Waals surface area contributed by atoms with Crippen LogP contribution < -0.4 is 0 Å². The van der Waals surface area contributed by atoms with Crippen LogP contribution in [0.2, 0.25) is 0 Å². The number of hydrogen-bond acceptors (Lipinski definition) is 4. The second-order valence-electron chi connectivity index (χ2n) is 3.92. The molecule has 1 aromatic heterocycles. The van der Waals surface area contributed by atoms with Gasteiger partial charge in [-0.2, -0.15) is 5.10 Å². The summed E-state index contributed by atoms with van der Waals surface area (Å²) >= 11 is 0. The zero-order valence-electron chi connectivity index (χ0n) is 9.91. The van der Waals surface area contributed by atoms with Crippen molar-refractivity contribution in [2.24, 2.45) is 0 Å². The lowest BCUT2D eigenvalue weighted by atomic mass is 10.2. The van der Waals surface area contributed by atoms with Gasteiger partial charge in [0.05, 0.1) is 6.42 Å². The lowest BCUT2D eigenvalue weighted by molar-refractivity contribution is -0.139. The Morgan fingerprint density at radius 3 is 2.65 bits per heavy atom. The number of hydrogen-bond donors (Lipinski definition) is 1. The number of nitrogens with zero attached hydrogens (tertiary/aromatic N) is 4. The van der Waals surface area contributed by atoms with Gasteiger partial charge in [-0.1, -0.05) is 0 Å². The number of carbonyl (C=O) groups excluding carboxylic acids is 1. The highest BCUT2D eigenvalue weighted by Gasteiger charge is 2.18. The average Bonchev–Trinajstić information content (AvgIpc) is 2.69. The van der Waals surface area contributed by atoms with Crippen molar-refractivity contribution in [1.29, 1.82) is 0 Å². The number of rotatable bonds is 6. The summed E-state index contributed by atoms with van der Waals surface area (Å²) in [7, 11) is 0. The van der Waals surface area contributed by atoms with Crippen LogP contribution in [0.5, 0.6) is 0 Å². The molecule has 0 radical (unpaired) electrons. The molecular formula is C10H16N4O3. The van der Waals surface area contributed by atoms with E-state index in [-0.39, 0.29) is 31.5 Å². The summed E-state index contributed by atoms with van der Waals surface area (Å²) in [5.74, 6) is -1.07. The van der Waals surface area contributed by atoms with Gasteiger partial charge in [-0.15, -0.1) is 0 Å². The zero-order chi connectivity index (χ0) is 12.8. The Hall–Kier alpha value is -1.92. The van der Waals surface area contributed by atoms with Gasteiger partial charge < -0.3 is 10.0 Å². The largest absolute Gasteiger partial charge is 0.481 e. The Labute approximate surface area is 99.1 Å². The molecule has 1 heterocycles. The number of amides is 1. The molecule has 0 fully saturated rings. The lowest BCUT2D eigenvalue weighted by Gasteiger charge is -2.26. The van der Waals surface area contributed by atoms with Crippen molar-refractivity contribution in [1.82, 2.24) is 19.7 Å². The van der Waals surface area contributed by atoms with Gasteiger partial charge in [-0.25, -0.2) is 9.67 Å². The van der Waals surface area contributed by atoms with Crippen LogP contribution in [-0.2, 0) is 16.1 Å². The minimum atomic E-state index is -0.913. The van der Waals surface area contributed by atoms with Crippen molar-refractivity contribution in [3.8, 4) is 0 Å². The van der Waals surface area contributed by atoms with Crippen LogP contribution >= 0.6 is 0 Å².